The van der Waals surface area contributed by atoms with Gasteiger partial charge in [0.05, 0.1) is 10.9 Å². The Kier molecular flexibility index (Phi) is 10.9. The van der Waals surface area contributed by atoms with Gasteiger partial charge >= 0.3 is 0 Å². The van der Waals surface area contributed by atoms with E-state index in [9.17, 15) is 8.42 Å². The lowest BCUT2D eigenvalue weighted by Crippen LogP contribution is -2.29. The summed E-state index contributed by atoms with van der Waals surface area (Å²) in [6.45, 7) is 6.28. The number of ether oxygens (including phenoxy) is 2. The summed E-state index contributed by atoms with van der Waals surface area (Å²) in [5.41, 5.74) is 11.8. The Bertz CT molecular complexity index is 2380. The molecule has 0 radical (unpaired) electrons. The van der Waals surface area contributed by atoms with E-state index >= 15 is 0 Å². The second kappa shape index (κ2) is 16.2. The van der Waals surface area contributed by atoms with Crippen LogP contribution in [-0.2, 0) is 38.1 Å². The van der Waals surface area contributed by atoms with Gasteiger partial charge in [-0.05, 0) is 101 Å². The number of rotatable bonds is 12. The van der Waals surface area contributed by atoms with E-state index in [1.54, 1.807) is 12.1 Å². The fourth-order valence-electron chi connectivity index (χ4n) is 8.22. The second-order valence-corrected chi connectivity index (χ2v) is 16.9. The SMILES string of the molecule is CCCCc1cc(/C=C/c2cc(C(NS(=O)(=O)c3ccc(C)cc3)c3ccccc3)ccc2C)c2c(c1)CCC21O[C@@H](c2ccccc2)[C@H](c2ccccc2)O1. The van der Waals surface area contributed by atoms with Crippen LogP contribution in [0.1, 0.15) is 106 Å². The van der Waals surface area contributed by atoms with Crippen LogP contribution < -0.4 is 4.72 Å². The molecule has 1 aliphatic carbocycles. The highest BCUT2D eigenvalue weighted by atomic mass is 32.2. The molecule has 0 amide bonds. The number of fused-ring (bicyclic) bond motifs is 2. The topological polar surface area (TPSA) is 64.6 Å². The van der Waals surface area contributed by atoms with E-state index in [1.165, 1.54) is 11.1 Å². The fourth-order valence-corrected chi connectivity index (χ4v) is 9.43. The number of benzene rings is 6. The zero-order valence-corrected chi connectivity index (χ0v) is 33.1. The third-order valence-electron chi connectivity index (χ3n) is 11.2. The van der Waals surface area contributed by atoms with Crippen LogP contribution in [0.5, 0.6) is 0 Å². The number of hydrogen-bond donors (Lipinski definition) is 1. The van der Waals surface area contributed by atoms with Crippen LogP contribution in [0, 0.1) is 13.8 Å². The van der Waals surface area contributed by atoms with Crippen LogP contribution >= 0.6 is 0 Å². The normalized spacial score (nSPS) is 18.1. The lowest BCUT2D eigenvalue weighted by molar-refractivity contribution is -0.183. The van der Waals surface area contributed by atoms with Gasteiger partial charge in [0.15, 0.2) is 5.79 Å². The summed E-state index contributed by atoms with van der Waals surface area (Å²) >= 11 is 0. The van der Waals surface area contributed by atoms with E-state index < -0.39 is 21.9 Å². The molecule has 1 heterocycles. The average Bonchev–Trinajstić information content (AvgIpc) is 3.80. The van der Waals surface area contributed by atoms with Crippen molar-refractivity contribution in [2.75, 3.05) is 0 Å². The summed E-state index contributed by atoms with van der Waals surface area (Å²) in [5, 5.41) is 0. The van der Waals surface area contributed by atoms with E-state index in [0.717, 1.165) is 82.2 Å². The average molecular weight is 760 g/mol. The largest absolute Gasteiger partial charge is 0.335 e. The van der Waals surface area contributed by atoms with Crippen LogP contribution in [-0.4, -0.2) is 8.42 Å². The number of hydrogen-bond acceptors (Lipinski definition) is 4. The molecule has 6 heteroatoms. The molecule has 1 saturated heterocycles. The number of unbranched alkanes of at least 4 members (excludes halogenated alkanes) is 1. The summed E-state index contributed by atoms with van der Waals surface area (Å²) in [6.07, 6.45) is 8.70. The first-order valence-corrected chi connectivity index (χ1v) is 21.3. The van der Waals surface area contributed by atoms with Gasteiger partial charge in [-0.3, -0.25) is 0 Å². The van der Waals surface area contributed by atoms with Gasteiger partial charge in [-0.25, -0.2) is 8.42 Å². The first kappa shape index (κ1) is 37.8. The lowest BCUT2D eigenvalue weighted by atomic mass is 9.93. The first-order valence-electron chi connectivity index (χ1n) is 19.8. The van der Waals surface area contributed by atoms with Crippen molar-refractivity contribution in [1.29, 1.82) is 0 Å². The molecule has 1 fully saturated rings. The van der Waals surface area contributed by atoms with Crippen LogP contribution in [0.4, 0.5) is 0 Å². The number of sulfonamides is 1. The van der Waals surface area contributed by atoms with Crippen molar-refractivity contribution in [1.82, 2.24) is 4.72 Å². The van der Waals surface area contributed by atoms with E-state index in [2.05, 4.69) is 104 Å². The lowest BCUT2D eigenvalue weighted by Gasteiger charge is -2.26. The van der Waals surface area contributed by atoms with Gasteiger partial charge in [0, 0.05) is 12.0 Å². The molecule has 0 aromatic heterocycles. The molecule has 0 bridgehead atoms. The third kappa shape index (κ3) is 7.80. The smallest absolute Gasteiger partial charge is 0.241 e. The standard InChI is InChI=1S/C50H49NO4S/c1-4-5-15-37-32-42(46-43(33-37)30-31-50(46)54-48(39-18-11-7-12-19-39)49(55-50)40-20-13-8-14-21-40)27-26-41-34-44(25-24-36(41)3)47(38-16-9-6-10-17-38)51-56(52,53)45-28-22-35(2)23-29-45/h6-14,16-29,32-34,47-49,51H,4-5,15,30-31H2,1-3H3/b27-26+/t47?,48-,49-/m0/s1. The predicted octanol–water partition coefficient (Wildman–Crippen LogP) is 11.5. The van der Waals surface area contributed by atoms with Crippen LogP contribution in [0.2, 0.25) is 0 Å². The zero-order chi connectivity index (χ0) is 38.7. The fraction of sp³-hybridized carbons (Fsp3) is 0.240. The summed E-state index contributed by atoms with van der Waals surface area (Å²) < 4.78 is 45.0. The Morgan fingerprint density at radius 2 is 1.32 bits per heavy atom. The molecular weight excluding hydrogens is 711 g/mol. The van der Waals surface area contributed by atoms with Gasteiger partial charge in [0.2, 0.25) is 10.0 Å². The maximum absolute atomic E-state index is 13.8. The molecule has 1 N–H and O–H groups in total. The molecule has 1 spiro atoms. The summed E-state index contributed by atoms with van der Waals surface area (Å²) in [7, 11) is -3.83. The van der Waals surface area contributed by atoms with Gasteiger partial charge < -0.3 is 9.47 Å². The third-order valence-corrected chi connectivity index (χ3v) is 12.7. The van der Waals surface area contributed by atoms with E-state index in [-0.39, 0.29) is 17.1 Å². The van der Waals surface area contributed by atoms with Crippen molar-refractivity contribution in [2.45, 2.75) is 81.8 Å². The Hall–Kier alpha value is -5.11. The quantitative estimate of drug-likeness (QED) is 0.126. The van der Waals surface area contributed by atoms with Crippen molar-refractivity contribution in [2.24, 2.45) is 0 Å². The van der Waals surface area contributed by atoms with Gasteiger partial charge in [-0.15, -0.1) is 0 Å². The molecule has 284 valence electrons. The highest BCUT2D eigenvalue weighted by Gasteiger charge is 2.53. The molecular formula is C50H49NO4S. The molecule has 0 saturated carbocycles. The highest BCUT2D eigenvalue weighted by molar-refractivity contribution is 7.89. The molecule has 3 atom stereocenters. The highest BCUT2D eigenvalue weighted by Crippen LogP contribution is 2.57. The molecule has 56 heavy (non-hydrogen) atoms. The Morgan fingerprint density at radius 1 is 0.714 bits per heavy atom. The minimum Gasteiger partial charge on any atom is -0.335 e. The van der Waals surface area contributed by atoms with Crippen LogP contribution in [0.25, 0.3) is 12.2 Å². The maximum Gasteiger partial charge on any atom is 0.241 e. The van der Waals surface area contributed by atoms with Crippen molar-refractivity contribution in [3.63, 3.8) is 0 Å². The van der Waals surface area contributed by atoms with Gasteiger partial charge in [0.25, 0.3) is 0 Å². The minimum atomic E-state index is -3.83. The Balaban J connectivity index is 1.19. The van der Waals surface area contributed by atoms with Gasteiger partial charge in [0.1, 0.15) is 12.2 Å². The van der Waals surface area contributed by atoms with Crippen LogP contribution in [0.15, 0.2) is 150 Å². The minimum absolute atomic E-state index is 0.238. The van der Waals surface area contributed by atoms with E-state index in [1.807, 2.05) is 67.6 Å². The van der Waals surface area contributed by atoms with Crippen molar-refractivity contribution in [3.8, 4) is 0 Å². The maximum atomic E-state index is 13.8. The van der Waals surface area contributed by atoms with Crippen molar-refractivity contribution in [3.05, 3.63) is 207 Å². The Morgan fingerprint density at radius 3 is 1.95 bits per heavy atom. The number of nitrogens with one attached hydrogen (secondary N) is 1. The monoisotopic (exact) mass is 759 g/mol. The van der Waals surface area contributed by atoms with Gasteiger partial charge in [-0.1, -0.05) is 158 Å². The summed E-state index contributed by atoms with van der Waals surface area (Å²) in [6, 6.07) is 47.9. The Labute approximate surface area is 332 Å². The van der Waals surface area contributed by atoms with E-state index in [4.69, 9.17) is 9.47 Å². The van der Waals surface area contributed by atoms with Crippen molar-refractivity contribution >= 4 is 22.2 Å². The second-order valence-electron chi connectivity index (χ2n) is 15.2. The van der Waals surface area contributed by atoms with Crippen molar-refractivity contribution < 1.29 is 17.9 Å². The summed E-state index contributed by atoms with van der Waals surface area (Å²) in [4.78, 5) is 0.238. The first-order chi connectivity index (χ1) is 27.2. The van der Waals surface area contributed by atoms with Crippen LogP contribution in [0.3, 0.4) is 0 Å². The molecule has 1 aliphatic heterocycles. The molecule has 6 aromatic carbocycles. The zero-order valence-electron chi connectivity index (χ0n) is 32.3. The molecule has 8 rings (SSSR count). The molecule has 5 nitrogen and oxygen atoms in total. The molecule has 6 aromatic rings. The molecule has 2 aliphatic rings. The predicted molar refractivity (Wildman–Crippen MR) is 225 cm³/mol. The number of aryl methyl sites for hydroxylation is 4. The van der Waals surface area contributed by atoms with E-state index in [0.29, 0.717) is 0 Å². The molecule has 1 unspecified atom stereocenters. The van der Waals surface area contributed by atoms with Gasteiger partial charge in [-0.2, -0.15) is 4.72 Å². The summed E-state index contributed by atoms with van der Waals surface area (Å²) in [5.74, 6) is -0.900.